The van der Waals surface area contributed by atoms with Gasteiger partial charge in [0, 0.05) is 16.9 Å². The summed E-state index contributed by atoms with van der Waals surface area (Å²) in [5.74, 6) is -0.359. The van der Waals surface area contributed by atoms with Crippen LogP contribution < -0.4 is 5.32 Å². The summed E-state index contributed by atoms with van der Waals surface area (Å²) in [7, 11) is 0. The smallest absolute Gasteiger partial charge is 0.271 e. The third kappa shape index (κ3) is 3.61. The van der Waals surface area contributed by atoms with Gasteiger partial charge in [-0.25, -0.2) is 4.98 Å². The first-order valence-electron chi connectivity index (χ1n) is 6.08. The van der Waals surface area contributed by atoms with Gasteiger partial charge >= 0.3 is 0 Å². The molecule has 0 saturated heterocycles. The molecule has 0 spiro atoms. The Hall–Kier alpha value is -1.79. The molecule has 2 rings (SSSR count). The van der Waals surface area contributed by atoms with Crippen molar-refractivity contribution >= 4 is 21.8 Å². The molecule has 2 N–H and O–H groups in total. The second-order valence-corrected chi connectivity index (χ2v) is 5.26. The number of carbonyl (C=O) groups excluding carboxylic acids is 1. The first-order valence-corrected chi connectivity index (χ1v) is 6.87. The van der Waals surface area contributed by atoms with E-state index in [-0.39, 0.29) is 11.6 Å². The lowest BCUT2D eigenvalue weighted by Gasteiger charge is -2.20. The minimum Gasteiger partial charge on any atom is -0.386 e. The van der Waals surface area contributed by atoms with Gasteiger partial charge in [-0.15, -0.1) is 0 Å². The van der Waals surface area contributed by atoms with Crippen LogP contribution in [0.3, 0.4) is 0 Å². The Morgan fingerprint density at radius 1 is 1.30 bits per heavy atom. The van der Waals surface area contributed by atoms with Crippen LogP contribution in [-0.2, 0) is 0 Å². The number of halogens is 1. The van der Waals surface area contributed by atoms with Crippen molar-refractivity contribution in [1.82, 2.24) is 15.3 Å². The van der Waals surface area contributed by atoms with Crippen molar-refractivity contribution in [1.29, 1.82) is 0 Å². The summed E-state index contributed by atoms with van der Waals surface area (Å²) in [6.45, 7) is 1.74. The standard InChI is InChI=1S/C14H14BrN3O2/c1-9(13(19)10-2-4-11(15)5-3-10)18-14(20)12-8-16-6-7-17-12/h2-9,13,19H,1H3,(H,18,20). The maximum Gasteiger partial charge on any atom is 0.271 e. The van der Waals surface area contributed by atoms with Crippen LogP contribution in [-0.4, -0.2) is 27.0 Å². The van der Waals surface area contributed by atoms with E-state index in [2.05, 4.69) is 31.2 Å². The zero-order chi connectivity index (χ0) is 14.5. The predicted octanol–water partition coefficient (Wildman–Crippen LogP) is 2.09. The number of aliphatic hydroxyl groups excluding tert-OH is 1. The lowest BCUT2D eigenvalue weighted by atomic mass is 10.0. The fourth-order valence-electron chi connectivity index (χ4n) is 1.72. The maximum atomic E-state index is 11.9. The monoisotopic (exact) mass is 335 g/mol. The first-order chi connectivity index (χ1) is 9.58. The van der Waals surface area contributed by atoms with Crippen LogP contribution in [0.2, 0.25) is 0 Å². The fourth-order valence-corrected chi connectivity index (χ4v) is 1.99. The molecule has 0 fully saturated rings. The molecule has 0 aliphatic carbocycles. The number of nitrogens with one attached hydrogen (secondary N) is 1. The summed E-state index contributed by atoms with van der Waals surface area (Å²) in [5.41, 5.74) is 0.961. The third-order valence-electron chi connectivity index (χ3n) is 2.84. The van der Waals surface area contributed by atoms with E-state index in [1.54, 1.807) is 19.1 Å². The molecule has 0 saturated carbocycles. The van der Waals surface area contributed by atoms with E-state index < -0.39 is 12.1 Å². The summed E-state index contributed by atoms with van der Waals surface area (Å²) >= 11 is 3.34. The second kappa shape index (κ2) is 6.58. The molecule has 104 valence electrons. The van der Waals surface area contributed by atoms with Crippen LogP contribution in [0.5, 0.6) is 0 Å². The SMILES string of the molecule is CC(NC(=O)c1cnccn1)C(O)c1ccc(Br)cc1. The van der Waals surface area contributed by atoms with Crippen molar-refractivity contribution in [2.75, 3.05) is 0 Å². The molecule has 6 heteroatoms. The molecule has 1 aromatic heterocycles. The van der Waals surface area contributed by atoms with Gasteiger partial charge in [0.25, 0.3) is 5.91 Å². The lowest BCUT2D eigenvalue weighted by Crippen LogP contribution is -2.37. The topological polar surface area (TPSA) is 75.1 Å². The van der Waals surface area contributed by atoms with Crippen LogP contribution in [0.1, 0.15) is 29.1 Å². The van der Waals surface area contributed by atoms with Gasteiger partial charge in [0.15, 0.2) is 0 Å². The molecule has 2 aromatic rings. The van der Waals surface area contributed by atoms with Crippen LogP contribution in [0.25, 0.3) is 0 Å². The van der Waals surface area contributed by atoms with Gasteiger partial charge in [-0.3, -0.25) is 9.78 Å². The zero-order valence-electron chi connectivity index (χ0n) is 10.8. The van der Waals surface area contributed by atoms with Gasteiger partial charge in [-0.2, -0.15) is 0 Å². The number of rotatable bonds is 4. The van der Waals surface area contributed by atoms with Gasteiger partial charge in [-0.05, 0) is 24.6 Å². The molecule has 0 radical (unpaired) electrons. The summed E-state index contributed by atoms with van der Waals surface area (Å²) in [5, 5.41) is 12.9. The highest BCUT2D eigenvalue weighted by Gasteiger charge is 2.19. The molecule has 20 heavy (non-hydrogen) atoms. The number of carbonyl (C=O) groups is 1. The maximum absolute atomic E-state index is 11.9. The molecular formula is C14H14BrN3O2. The Bertz CT molecular complexity index is 575. The Balaban J connectivity index is 2.02. The molecule has 1 amide bonds. The van der Waals surface area contributed by atoms with Crippen molar-refractivity contribution < 1.29 is 9.90 Å². The fraction of sp³-hybridized carbons (Fsp3) is 0.214. The molecule has 1 heterocycles. The number of nitrogens with zero attached hydrogens (tertiary/aromatic N) is 2. The normalized spacial score (nSPS) is 13.6. The molecule has 2 unspecified atom stereocenters. The van der Waals surface area contributed by atoms with Gasteiger partial charge < -0.3 is 10.4 Å². The number of hydrogen-bond acceptors (Lipinski definition) is 4. The Kier molecular flexibility index (Phi) is 4.81. The molecule has 0 aliphatic rings. The predicted molar refractivity (Wildman–Crippen MR) is 78.1 cm³/mol. The number of benzene rings is 1. The van der Waals surface area contributed by atoms with Crippen LogP contribution in [0.4, 0.5) is 0 Å². The Labute approximate surface area is 125 Å². The second-order valence-electron chi connectivity index (χ2n) is 4.35. The van der Waals surface area contributed by atoms with E-state index in [1.165, 1.54) is 18.6 Å². The Morgan fingerprint density at radius 3 is 2.60 bits per heavy atom. The van der Waals surface area contributed by atoms with Crippen molar-refractivity contribution in [3.8, 4) is 0 Å². The van der Waals surface area contributed by atoms with E-state index >= 15 is 0 Å². The van der Waals surface area contributed by atoms with Crippen LogP contribution >= 0.6 is 15.9 Å². The van der Waals surface area contributed by atoms with E-state index in [0.717, 1.165) is 10.0 Å². The average Bonchev–Trinajstić information content (AvgIpc) is 2.48. The van der Waals surface area contributed by atoms with Crippen LogP contribution in [0, 0.1) is 0 Å². The number of aromatic nitrogens is 2. The van der Waals surface area contributed by atoms with Gasteiger partial charge in [0.2, 0.25) is 0 Å². The highest BCUT2D eigenvalue weighted by atomic mass is 79.9. The van der Waals surface area contributed by atoms with E-state index in [4.69, 9.17) is 0 Å². The third-order valence-corrected chi connectivity index (χ3v) is 3.37. The lowest BCUT2D eigenvalue weighted by molar-refractivity contribution is 0.0847. The van der Waals surface area contributed by atoms with Crippen LogP contribution in [0.15, 0.2) is 47.3 Å². The number of hydrogen-bond donors (Lipinski definition) is 2. The molecule has 0 aliphatic heterocycles. The summed E-state index contributed by atoms with van der Waals surface area (Å²) in [4.78, 5) is 19.7. The van der Waals surface area contributed by atoms with E-state index in [9.17, 15) is 9.90 Å². The summed E-state index contributed by atoms with van der Waals surface area (Å²) in [6, 6.07) is 6.86. The molecular weight excluding hydrogens is 322 g/mol. The van der Waals surface area contributed by atoms with Crippen molar-refractivity contribution in [3.63, 3.8) is 0 Å². The highest BCUT2D eigenvalue weighted by molar-refractivity contribution is 9.10. The van der Waals surface area contributed by atoms with Crippen molar-refractivity contribution in [3.05, 3.63) is 58.6 Å². The quantitative estimate of drug-likeness (QED) is 0.897. The largest absolute Gasteiger partial charge is 0.386 e. The van der Waals surface area contributed by atoms with Gasteiger partial charge in [0.05, 0.1) is 18.3 Å². The summed E-state index contributed by atoms with van der Waals surface area (Å²) < 4.78 is 0.935. The summed E-state index contributed by atoms with van der Waals surface area (Å²) in [6.07, 6.45) is 3.54. The molecule has 0 bridgehead atoms. The van der Waals surface area contributed by atoms with E-state index in [1.807, 2.05) is 12.1 Å². The minimum atomic E-state index is -0.788. The van der Waals surface area contributed by atoms with Crippen molar-refractivity contribution in [2.45, 2.75) is 19.1 Å². The zero-order valence-corrected chi connectivity index (χ0v) is 12.4. The van der Waals surface area contributed by atoms with E-state index in [0.29, 0.717) is 0 Å². The molecule has 5 nitrogen and oxygen atoms in total. The van der Waals surface area contributed by atoms with Crippen molar-refractivity contribution in [2.24, 2.45) is 0 Å². The Morgan fingerprint density at radius 2 is 2.00 bits per heavy atom. The first kappa shape index (κ1) is 14.6. The molecule has 2 atom stereocenters. The average molecular weight is 336 g/mol. The molecule has 1 aromatic carbocycles. The van der Waals surface area contributed by atoms with Gasteiger partial charge in [-0.1, -0.05) is 28.1 Å². The highest BCUT2D eigenvalue weighted by Crippen LogP contribution is 2.19. The number of aliphatic hydroxyl groups is 1. The minimum absolute atomic E-state index is 0.224. The van der Waals surface area contributed by atoms with Gasteiger partial charge in [0.1, 0.15) is 5.69 Å². The number of amides is 1.